The molecule has 0 aromatic heterocycles. The van der Waals surface area contributed by atoms with E-state index in [1.165, 1.54) is 12.2 Å². The van der Waals surface area contributed by atoms with Crippen molar-refractivity contribution in [3.8, 4) is 0 Å². The Morgan fingerprint density at radius 1 is 1.15 bits per heavy atom. The van der Waals surface area contributed by atoms with E-state index in [2.05, 4.69) is 50.2 Å². The maximum absolute atomic E-state index is 14.0. The second kappa shape index (κ2) is 22.4. The number of allylic oxidation sites excluding steroid dienone is 10. The molecule has 2 fully saturated rings. The molecule has 2 aliphatic rings. The molecule has 0 bridgehead atoms. The lowest BCUT2D eigenvalue weighted by atomic mass is 9.92. The molecule has 9 heteroatoms. The van der Waals surface area contributed by atoms with E-state index in [-0.39, 0.29) is 17.1 Å². The van der Waals surface area contributed by atoms with E-state index in [0.717, 1.165) is 58.1 Å². The number of carbonyl (C=O) groups is 2. The number of rotatable bonds is 13. The number of aliphatic hydroxyl groups excluding tert-OH is 1. The van der Waals surface area contributed by atoms with Gasteiger partial charge in [0.1, 0.15) is 5.83 Å². The Kier molecular flexibility index (Phi) is 21.2. The Hall–Kier alpha value is -2.19. The summed E-state index contributed by atoms with van der Waals surface area (Å²) in [4.78, 5) is 20.2. The van der Waals surface area contributed by atoms with Crippen LogP contribution in [0.3, 0.4) is 0 Å². The number of hydrogen-bond donors (Lipinski definition) is 4. The Bertz CT molecular complexity index is 933. The predicted octanol–water partition coefficient (Wildman–Crippen LogP) is 7.04. The third-order valence-corrected chi connectivity index (χ3v) is 6.63. The fourth-order valence-corrected chi connectivity index (χ4v) is 4.36. The Morgan fingerprint density at radius 2 is 1.83 bits per heavy atom. The zero-order valence-electron chi connectivity index (χ0n) is 25.3. The van der Waals surface area contributed by atoms with Gasteiger partial charge < -0.3 is 21.1 Å². The summed E-state index contributed by atoms with van der Waals surface area (Å²) >= 11 is 11.7. The van der Waals surface area contributed by atoms with Crippen LogP contribution < -0.4 is 16.0 Å². The molecule has 2 rings (SSSR count). The van der Waals surface area contributed by atoms with E-state index < -0.39 is 5.83 Å². The molecule has 0 aromatic carbocycles. The highest BCUT2D eigenvalue weighted by Gasteiger charge is 2.24. The van der Waals surface area contributed by atoms with Gasteiger partial charge in [-0.05, 0) is 87.0 Å². The number of carbonyl (C=O) groups excluding carboxylic acids is 2. The zero-order chi connectivity index (χ0) is 31.3. The fourth-order valence-electron chi connectivity index (χ4n) is 4.06. The van der Waals surface area contributed by atoms with Gasteiger partial charge in [0.15, 0.2) is 0 Å². The van der Waals surface area contributed by atoms with Crippen molar-refractivity contribution < 1.29 is 19.1 Å². The molecule has 1 aliphatic heterocycles. The molecule has 1 saturated carbocycles. The summed E-state index contributed by atoms with van der Waals surface area (Å²) in [5.74, 6) is 0.689. The third kappa shape index (κ3) is 22.1. The molecule has 4 atom stereocenters. The summed E-state index contributed by atoms with van der Waals surface area (Å²) < 4.78 is 14.0. The molecule has 1 heterocycles. The summed E-state index contributed by atoms with van der Waals surface area (Å²) in [7, 11) is 0. The van der Waals surface area contributed by atoms with Gasteiger partial charge in [0, 0.05) is 23.8 Å². The average Bonchev–Trinajstić information content (AvgIpc) is 3.52. The zero-order valence-corrected chi connectivity index (χ0v) is 26.8. The molecule has 2 unspecified atom stereocenters. The van der Waals surface area contributed by atoms with E-state index in [1.54, 1.807) is 19.1 Å². The van der Waals surface area contributed by atoms with Crippen molar-refractivity contribution >= 4 is 36.0 Å². The molecule has 0 radical (unpaired) electrons. The number of hydrogen-bond acceptors (Lipinski definition) is 4. The van der Waals surface area contributed by atoms with Crippen LogP contribution in [0.25, 0.3) is 0 Å². The summed E-state index contributed by atoms with van der Waals surface area (Å²) in [5, 5.41) is 18.1. The molecular formula is C32H50Cl2FN3O3. The quantitative estimate of drug-likeness (QED) is 0.102. The third-order valence-electron chi connectivity index (χ3n) is 6.06. The maximum atomic E-state index is 14.0. The second-order valence-corrected chi connectivity index (χ2v) is 12.7. The molecule has 0 spiro atoms. The Balaban J connectivity index is 0.000000816. The van der Waals surface area contributed by atoms with Crippen molar-refractivity contribution in [3.05, 3.63) is 70.7 Å². The highest BCUT2D eigenvalue weighted by Crippen LogP contribution is 2.27. The first-order valence-corrected chi connectivity index (χ1v) is 14.9. The first-order valence-electron chi connectivity index (χ1n) is 14.1. The molecule has 1 saturated heterocycles. The van der Waals surface area contributed by atoms with Gasteiger partial charge in [-0.1, -0.05) is 81.8 Å². The smallest absolute Gasteiger partial charge is 0.211 e. The molecular weight excluding hydrogens is 564 g/mol. The van der Waals surface area contributed by atoms with E-state index in [9.17, 15) is 14.0 Å². The van der Waals surface area contributed by atoms with Crippen LogP contribution in [0.4, 0.5) is 4.39 Å². The topological polar surface area (TPSA) is 90.5 Å². The van der Waals surface area contributed by atoms with Crippen molar-refractivity contribution in [2.45, 2.75) is 72.8 Å². The van der Waals surface area contributed by atoms with E-state index in [0.29, 0.717) is 34.4 Å². The van der Waals surface area contributed by atoms with Gasteiger partial charge >= 0.3 is 0 Å². The van der Waals surface area contributed by atoms with Crippen LogP contribution in [0.5, 0.6) is 0 Å². The van der Waals surface area contributed by atoms with Gasteiger partial charge in [0.25, 0.3) is 0 Å². The number of halogens is 3. The summed E-state index contributed by atoms with van der Waals surface area (Å²) in [6.45, 7) is 16.4. The maximum Gasteiger partial charge on any atom is 0.211 e. The van der Waals surface area contributed by atoms with Crippen molar-refractivity contribution in [3.63, 3.8) is 0 Å². The van der Waals surface area contributed by atoms with Gasteiger partial charge in [0.2, 0.25) is 12.8 Å². The molecule has 232 valence electrons. The summed E-state index contributed by atoms with van der Waals surface area (Å²) in [6, 6.07) is 0. The van der Waals surface area contributed by atoms with Crippen LogP contribution in [0.2, 0.25) is 0 Å². The van der Waals surface area contributed by atoms with Crippen LogP contribution in [-0.2, 0) is 9.59 Å². The first-order chi connectivity index (χ1) is 19.3. The van der Waals surface area contributed by atoms with Gasteiger partial charge in [-0.15, -0.1) is 0 Å². The molecule has 0 aromatic rings. The lowest BCUT2D eigenvalue weighted by Gasteiger charge is -2.12. The van der Waals surface area contributed by atoms with E-state index in [1.807, 2.05) is 18.2 Å². The van der Waals surface area contributed by atoms with E-state index >= 15 is 0 Å². The van der Waals surface area contributed by atoms with Gasteiger partial charge in [0.05, 0.1) is 11.1 Å². The minimum Gasteiger partial charge on any atom is -0.393 e. The standard InChI is InChI=1S/C19H23Cl2FN2O.C8H15NO2.C5H12/c1-3-17(20)7-5-4-6-15-11-23-12-16(15)8-9-19(22)18(21)10-14(2)24-13-25;10-6-9-4-3-7-1-2-8(11)5-7;1-5(2,3)4/h3-5,7-10,13,15-16,23H,1,6,11-12H2,2H3,(H,24,25);6-8,11H,1-5H2,(H,9,10);1-4H3/b5-4-,9-8+,14-10+,17-7+,19-18-;;/t15-,16+;;/m0../s1. The minimum absolute atomic E-state index is 0.0466. The normalized spacial score (nSPS) is 23.7. The molecule has 4 N–H and O–H groups in total. The largest absolute Gasteiger partial charge is 0.393 e. The van der Waals surface area contributed by atoms with Gasteiger partial charge in [-0.25, -0.2) is 4.39 Å². The monoisotopic (exact) mass is 613 g/mol. The number of nitrogens with one attached hydrogen (secondary N) is 3. The van der Waals surface area contributed by atoms with Crippen LogP contribution in [0.1, 0.15) is 66.7 Å². The van der Waals surface area contributed by atoms with Crippen molar-refractivity contribution in [1.82, 2.24) is 16.0 Å². The van der Waals surface area contributed by atoms with Crippen LogP contribution >= 0.6 is 23.2 Å². The highest BCUT2D eigenvalue weighted by molar-refractivity contribution is 6.31. The number of amides is 2. The Morgan fingerprint density at radius 3 is 2.39 bits per heavy atom. The summed E-state index contributed by atoms with van der Waals surface area (Å²) in [6.07, 6.45) is 17.9. The second-order valence-electron chi connectivity index (χ2n) is 11.8. The van der Waals surface area contributed by atoms with Crippen LogP contribution in [0, 0.1) is 23.2 Å². The highest BCUT2D eigenvalue weighted by atomic mass is 35.5. The van der Waals surface area contributed by atoms with E-state index in [4.69, 9.17) is 28.3 Å². The fraction of sp³-hybridized carbons (Fsp3) is 0.562. The average molecular weight is 615 g/mol. The van der Waals surface area contributed by atoms with Crippen LogP contribution in [0.15, 0.2) is 70.7 Å². The number of aliphatic hydroxyl groups is 1. The molecule has 1 aliphatic carbocycles. The van der Waals surface area contributed by atoms with Crippen molar-refractivity contribution in [2.75, 3.05) is 19.6 Å². The molecule has 41 heavy (non-hydrogen) atoms. The minimum atomic E-state index is -0.532. The summed E-state index contributed by atoms with van der Waals surface area (Å²) in [5.41, 5.74) is 0.973. The predicted molar refractivity (Wildman–Crippen MR) is 171 cm³/mol. The van der Waals surface area contributed by atoms with Gasteiger partial charge in [-0.2, -0.15) is 0 Å². The van der Waals surface area contributed by atoms with Gasteiger partial charge in [-0.3, -0.25) is 9.59 Å². The lowest BCUT2D eigenvalue weighted by Crippen LogP contribution is -2.15. The molecule has 6 nitrogen and oxygen atoms in total. The Labute approximate surface area is 256 Å². The lowest BCUT2D eigenvalue weighted by molar-refractivity contribution is -0.110. The molecule has 2 amide bonds. The van der Waals surface area contributed by atoms with Crippen molar-refractivity contribution in [2.24, 2.45) is 23.2 Å². The van der Waals surface area contributed by atoms with Crippen molar-refractivity contribution in [1.29, 1.82) is 0 Å². The SMILES string of the molecule is C=C/C(Cl)=C\C=C/C[C@H]1CNC[C@H]1/C=C/C(F)=C(Cl)\C=C(/C)NC=O.CC(C)(C)C.O=CNCCC1CCC(O)C1. The first kappa shape index (κ1) is 38.8. The van der Waals surface area contributed by atoms with Crippen LogP contribution in [-0.4, -0.2) is 43.7 Å².